The fourth-order valence-electron chi connectivity index (χ4n) is 3.35. The molecule has 0 fully saturated rings. The Labute approximate surface area is 176 Å². The van der Waals surface area contributed by atoms with E-state index < -0.39 is 9.84 Å². The Morgan fingerprint density at radius 1 is 1.17 bits per heavy atom. The number of rotatable bonds is 14. The highest BCUT2D eigenvalue weighted by Crippen LogP contribution is 2.18. The Hall–Kier alpha value is -1.67. The monoisotopic (exact) mass is 423 g/mol. The summed E-state index contributed by atoms with van der Waals surface area (Å²) in [6.45, 7) is 12.4. The standard InChI is InChI=1S/C21H37N5O2S/c1-5-7-13-26-20(18-24(6-2)14-15-25-12-9-11-23-25)17-22-21(26)29(27,28)16-8-10-19(3)4/h9,11-12,17,19H,5-8,10,13-16,18H2,1-4H3. The summed E-state index contributed by atoms with van der Waals surface area (Å²) in [5.41, 5.74) is 0.975. The van der Waals surface area contributed by atoms with Crippen molar-refractivity contribution in [2.24, 2.45) is 5.92 Å². The smallest absolute Gasteiger partial charge is 0.227 e. The van der Waals surface area contributed by atoms with E-state index in [4.69, 9.17) is 0 Å². The van der Waals surface area contributed by atoms with Crippen LogP contribution in [0.4, 0.5) is 0 Å². The molecule has 0 unspecified atom stereocenters. The van der Waals surface area contributed by atoms with Crippen molar-refractivity contribution in [3.63, 3.8) is 0 Å². The minimum atomic E-state index is -3.37. The van der Waals surface area contributed by atoms with Gasteiger partial charge in [-0.1, -0.05) is 34.1 Å². The number of aromatic nitrogens is 4. The Morgan fingerprint density at radius 3 is 2.59 bits per heavy atom. The maximum absolute atomic E-state index is 12.9. The van der Waals surface area contributed by atoms with Crippen molar-refractivity contribution in [2.45, 2.75) is 78.2 Å². The summed E-state index contributed by atoms with van der Waals surface area (Å²) < 4.78 is 29.7. The van der Waals surface area contributed by atoms with Crippen molar-refractivity contribution >= 4 is 9.84 Å². The highest BCUT2D eigenvalue weighted by Gasteiger charge is 2.23. The van der Waals surface area contributed by atoms with E-state index in [1.165, 1.54) is 0 Å². The van der Waals surface area contributed by atoms with Crippen LogP contribution in [0.1, 0.15) is 59.1 Å². The van der Waals surface area contributed by atoms with E-state index in [0.29, 0.717) is 25.4 Å². The SMILES string of the molecule is CCCCn1c(CN(CC)CCn2cccn2)cnc1S(=O)(=O)CCCC(C)C. The molecule has 0 saturated carbocycles. The molecule has 0 aliphatic rings. The number of imidazole rings is 1. The molecular weight excluding hydrogens is 386 g/mol. The van der Waals surface area contributed by atoms with Crippen molar-refractivity contribution in [1.29, 1.82) is 0 Å². The van der Waals surface area contributed by atoms with Crippen LogP contribution >= 0.6 is 0 Å². The lowest BCUT2D eigenvalue weighted by molar-refractivity contribution is 0.255. The van der Waals surface area contributed by atoms with Crippen LogP contribution in [0.3, 0.4) is 0 Å². The highest BCUT2D eigenvalue weighted by molar-refractivity contribution is 7.91. The van der Waals surface area contributed by atoms with E-state index in [0.717, 1.165) is 44.6 Å². The van der Waals surface area contributed by atoms with Gasteiger partial charge < -0.3 is 4.57 Å². The maximum atomic E-state index is 12.9. The molecule has 0 spiro atoms. The van der Waals surface area contributed by atoms with Gasteiger partial charge in [-0.05, 0) is 37.8 Å². The van der Waals surface area contributed by atoms with Gasteiger partial charge in [0.25, 0.3) is 0 Å². The molecule has 0 aliphatic carbocycles. The maximum Gasteiger partial charge on any atom is 0.227 e. The Bertz CT molecular complexity index is 812. The van der Waals surface area contributed by atoms with Gasteiger partial charge in [-0.15, -0.1) is 0 Å². The lowest BCUT2D eigenvalue weighted by atomic mass is 10.1. The van der Waals surface area contributed by atoms with Gasteiger partial charge in [0.2, 0.25) is 15.0 Å². The zero-order valence-corrected chi connectivity index (χ0v) is 19.2. The van der Waals surface area contributed by atoms with E-state index in [2.05, 4.69) is 42.7 Å². The van der Waals surface area contributed by atoms with Crippen LogP contribution in [-0.4, -0.2) is 51.5 Å². The van der Waals surface area contributed by atoms with E-state index >= 15 is 0 Å². The summed E-state index contributed by atoms with van der Waals surface area (Å²) in [6.07, 6.45) is 9.05. The number of hydrogen-bond donors (Lipinski definition) is 0. The number of unbranched alkanes of at least 4 members (excludes halogenated alkanes) is 1. The van der Waals surface area contributed by atoms with Gasteiger partial charge in [0.15, 0.2) is 0 Å². The average Bonchev–Trinajstić information content (AvgIpc) is 3.33. The normalized spacial score (nSPS) is 12.3. The Morgan fingerprint density at radius 2 is 1.97 bits per heavy atom. The number of nitrogens with zero attached hydrogens (tertiary/aromatic N) is 5. The summed E-state index contributed by atoms with van der Waals surface area (Å²) in [5.74, 6) is 0.679. The van der Waals surface area contributed by atoms with Crippen molar-refractivity contribution < 1.29 is 8.42 Å². The molecule has 0 aliphatic heterocycles. The van der Waals surface area contributed by atoms with Gasteiger partial charge in [-0.3, -0.25) is 9.58 Å². The summed E-state index contributed by atoms with van der Waals surface area (Å²) in [6, 6.07) is 1.92. The lowest BCUT2D eigenvalue weighted by Crippen LogP contribution is -2.28. The fraction of sp³-hybridized carbons (Fsp3) is 0.714. The van der Waals surface area contributed by atoms with Crippen LogP contribution in [0.15, 0.2) is 29.8 Å². The van der Waals surface area contributed by atoms with Crippen molar-refractivity contribution in [3.05, 3.63) is 30.4 Å². The first-order valence-electron chi connectivity index (χ1n) is 10.8. The first kappa shape index (κ1) is 23.6. The molecule has 8 heteroatoms. The molecule has 0 atom stereocenters. The molecule has 0 bridgehead atoms. The average molecular weight is 424 g/mol. The van der Waals surface area contributed by atoms with Crippen LogP contribution < -0.4 is 0 Å². The molecule has 0 amide bonds. The van der Waals surface area contributed by atoms with Gasteiger partial charge in [0.1, 0.15) is 0 Å². The summed E-state index contributed by atoms with van der Waals surface area (Å²) in [4.78, 5) is 6.67. The molecular formula is C21H37N5O2S. The van der Waals surface area contributed by atoms with Gasteiger partial charge >= 0.3 is 0 Å². The molecule has 29 heavy (non-hydrogen) atoms. The van der Waals surface area contributed by atoms with Gasteiger partial charge in [0, 0.05) is 32.0 Å². The van der Waals surface area contributed by atoms with Crippen LogP contribution in [0.25, 0.3) is 0 Å². The minimum absolute atomic E-state index is 0.171. The predicted octanol–water partition coefficient (Wildman–Crippen LogP) is 3.61. The molecule has 7 nitrogen and oxygen atoms in total. The van der Waals surface area contributed by atoms with E-state index in [9.17, 15) is 8.42 Å². The third-order valence-corrected chi connectivity index (χ3v) is 6.86. The predicted molar refractivity (Wildman–Crippen MR) is 116 cm³/mol. The first-order chi connectivity index (χ1) is 13.9. The van der Waals surface area contributed by atoms with E-state index in [1.54, 1.807) is 12.4 Å². The lowest BCUT2D eigenvalue weighted by Gasteiger charge is -2.21. The number of hydrogen-bond acceptors (Lipinski definition) is 5. The third-order valence-electron chi connectivity index (χ3n) is 5.15. The molecule has 2 aromatic heterocycles. The molecule has 0 N–H and O–H groups in total. The van der Waals surface area contributed by atoms with Crippen molar-refractivity contribution in [1.82, 2.24) is 24.2 Å². The highest BCUT2D eigenvalue weighted by atomic mass is 32.2. The first-order valence-corrected chi connectivity index (χ1v) is 12.5. The summed E-state index contributed by atoms with van der Waals surface area (Å²) in [5, 5.41) is 4.50. The largest absolute Gasteiger partial charge is 0.318 e. The topological polar surface area (TPSA) is 73.0 Å². The number of likely N-dealkylation sites (N-methyl/N-ethyl adjacent to an activating group) is 1. The van der Waals surface area contributed by atoms with Crippen LogP contribution in [-0.2, 0) is 29.5 Å². The number of sulfone groups is 1. The van der Waals surface area contributed by atoms with Crippen LogP contribution in [0, 0.1) is 5.92 Å². The second kappa shape index (κ2) is 11.5. The molecule has 0 saturated heterocycles. The van der Waals surface area contributed by atoms with Crippen molar-refractivity contribution in [2.75, 3.05) is 18.8 Å². The van der Waals surface area contributed by atoms with Crippen LogP contribution in [0.2, 0.25) is 0 Å². The second-order valence-electron chi connectivity index (χ2n) is 8.03. The van der Waals surface area contributed by atoms with E-state index in [1.807, 2.05) is 21.5 Å². The molecule has 2 aromatic rings. The molecule has 2 rings (SSSR count). The molecule has 0 aromatic carbocycles. The van der Waals surface area contributed by atoms with Crippen molar-refractivity contribution in [3.8, 4) is 0 Å². The van der Waals surface area contributed by atoms with Gasteiger partial charge in [0.05, 0.1) is 24.2 Å². The summed E-state index contributed by atoms with van der Waals surface area (Å²) >= 11 is 0. The zero-order valence-electron chi connectivity index (χ0n) is 18.4. The second-order valence-corrected chi connectivity index (χ2v) is 10.0. The van der Waals surface area contributed by atoms with Gasteiger partial charge in [-0.25, -0.2) is 13.4 Å². The molecule has 2 heterocycles. The molecule has 164 valence electrons. The van der Waals surface area contributed by atoms with Crippen LogP contribution in [0.5, 0.6) is 0 Å². The zero-order chi connectivity index (χ0) is 21.3. The Balaban J connectivity index is 2.13. The Kier molecular flexibility index (Phi) is 9.36. The quantitative estimate of drug-likeness (QED) is 0.464. The summed E-state index contributed by atoms with van der Waals surface area (Å²) in [7, 11) is -3.37. The van der Waals surface area contributed by atoms with Gasteiger partial charge in [-0.2, -0.15) is 5.10 Å². The fourth-order valence-corrected chi connectivity index (χ4v) is 4.84. The minimum Gasteiger partial charge on any atom is -0.318 e. The third kappa shape index (κ3) is 7.26. The molecule has 0 radical (unpaired) electrons. The van der Waals surface area contributed by atoms with E-state index in [-0.39, 0.29) is 10.9 Å².